The zero-order valence-corrected chi connectivity index (χ0v) is 25.6. The molecule has 0 radical (unpaired) electrons. The van der Waals surface area contributed by atoms with E-state index in [2.05, 4.69) is 62.8 Å². The van der Waals surface area contributed by atoms with Crippen molar-refractivity contribution < 1.29 is 0 Å². The second-order valence-electron chi connectivity index (χ2n) is 11.9. The highest BCUT2D eigenvalue weighted by atomic mass is 16.2. The minimum Gasteiger partial charge on any atom is -0.341 e. The number of rotatable bonds is 6. The highest BCUT2D eigenvalue weighted by Crippen LogP contribution is 2.40. The molecule has 0 spiro atoms. The fourth-order valence-corrected chi connectivity index (χ4v) is 6.60. The molecule has 2 unspecified atom stereocenters. The van der Waals surface area contributed by atoms with Crippen LogP contribution in [0.15, 0.2) is 58.1 Å². The monoisotopic (exact) mass is 588 g/mol. The van der Waals surface area contributed by atoms with Crippen molar-refractivity contribution in [1.29, 1.82) is 0 Å². The van der Waals surface area contributed by atoms with Gasteiger partial charge in [-0.3, -0.25) is 23.4 Å². The Morgan fingerprint density at radius 2 is 1.75 bits per heavy atom. The van der Waals surface area contributed by atoms with Crippen LogP contribution < -0.4 is 16.1 Å². The van der Waals surface area contributed by atoms with Crippen LogP contribution in [0.3, 0.4) is 0 Å². The Labute approximate surface area is 255 Å². The number of benzene rings is 2. The topological polar surface area (TPSA) is 93.8 Å². The first-order valence-electron chi connectivity index (χ1n) is 15.2. The summed E-state index contributed by atoms with van der Waals surface area (Å²) in [5.74, 6) is 7.20. The predicted octanol–water partition coefficient (Wildman–Crippen LogP) is 3.55. The van der Waals surface area contributed by atoms with Crippen LogP contribution in [0.5, 0.6) is 0 Å². The van der Waals surface area contributed by atoms with Crippen LogP contribution in [0.4, 0.5) is 5.95 Å². The normalized spacial score (nSPS) is 19.7. The number of nitrogens with zero attached hydrogens (tertiary/aromatic N) is 8. The summed E-state index contributed by atoms with van der Waals surface area (Å²) in [6.07, 6.45) is 2.14. The maximum atomic E-state index is 14.1. The van der Waals surface area contributed by atoms with Crippen molar-refractivity contribution in [3.05, 3.63) is 92.0 Å². The van der Waals surface area contributed by atoms with Gasteiger partial charge in [-0.15, -0.1) is 5.92 Å². The summed E-state index contributed by atoms with van der Waals surface area (Å²) >= 11 is 0. The minimum absolute atomic E-state index is 0.0335. The van der Waals surface area contributed by atoms with Gasteiger partial charge < -0.3 is 4.90 Å². The standard InChI is InChI=1S/C34H36N8O2/c1-5-6-18-40-30-31(37-33(40)39-17-9-10-25(19-39)41-20-28(41)24-15-13-22(2)14-16-24)38(4)34(44)42(32(30)43)21-29-35-23(3)26-11-7-8-12-27(26)36-29/h7-8,11-16,25,28H,9-10,17-21H2,1-4H3/t25-,28?,41?/m1/s1. The summed E-state index contributed by atoms with van der Waals surface area (Å²) in [4.78, 5) is 46.7. The number of aromatic nitrogens is 6. The summed E-state index contributed by atoms with van der Waals surface area (Å²) < 4.78 is 4.57. The average Bonchev–Trinajstić information content (AvgIpc) is 3.74. The van der Waals surface area contributed by atoms with E-state index in [1.807, 2.05) is 35.8 Å². The van der Waals surface area contributed by atoms with Gasteiger partial charge in [-0.05, 0) is 45.2 Å². The lowest BCUT2D eigenvalue weighted by molar-refractivity contribution is 0.316. The summed E-state index contributed by atoms with van der Waals surface area (Å²) in [5.41, 5.74) is 4.09. The first-order chi connectivity index (χ1) is 21.3. The zero-order valence-electron chi connectivity index (χ0n) is 25.6. The van der Waals surface area contributed by atoms with E-state index in [0.29, 0.717) is 41.6 Å². The van der Waals surface area contributed by atoms with Gasteiger partial charge in [0, 0.05) is 49.8 Å². The third-order valence-electron chi connectivity index (χ3n) is 9.03. The number of para-hydroxylation sites is 1. The highest BCUT2D eigenvalue weighted by Gasteiger charge is 2.42. The molecule has 2 aliphatic heterocycles. The van der Waals surface area contributed by atoms with Gasteiger partial charge in [-0.2, -0.15) is 4.98 Å². The summed E-state index contributed by atoms with van der Waals surface area (Å²) in [6, 6.07) is 17.4. The quantitative estimate of drug-likeness (QED) is 0.221. The maximum Gasteiger partial charge on any atom is 0.332 e. The van der Waals surface area contributed by atoms with Crippen LogP contribution in [-0.2, 0) is 20.1 Å². The molecule has 2 aliphatic rings. The van der Waals surface area contributed by atoms with E-state index in [1.165, 1.54) is 20.3 Å². The van der Waals surface area contributed by atoms with E-state index in [-0.39, 0.29) is 6.54 Å². The second-order valence-corrected chi connectivity index (χ2v) is 11.9. The molecule has 3 atom stereocenters. The van der Waals surface area contributed by atoms with E-state index in [9.17, 15) is 9.59 Å². The lowest BCUT2D eigenvalue weighted by Crippen LogP contribution is -2.43. The number of aryl methyl sites for hydroxylation is 3. The van der Waals surface area contributed by atoms with E-state index in [1.54, 1.807) is 14.0 Å². The summed E-state index contributed by atoms with van der Waals surface area (Å²) in [6.45, 7) is 8.77. The van der Waals surface area contributed by atoms with Gasteiger partial charge in [-0.25, -0.2) is 14.8 Å². The molecule has 3 aromatic heterocycles. The highest BCUT2D eigenvalue weighted by molar-refractivity contribution is 5.80. The summed E-state index contributed by atoms with van der Waals surface area (Å²) in [7, 11) is 1.67. The van der Waals surface area contributed by atoms with Crippen molar-refractivity contribution in [2.24, 2.45) is 7.05 Å². The van der Waals surface area contributed by atoms with Crippen molar-refractivity contribution in [3.8, 4) is 11.8 Å². The molecule has 5 heterocycles. The SMILES string of the molecule is CC#CCn1c(N2CCC[C@@H](N3CC3c3ccc(C)cc3)C2)nc2c1c(=O)n(Cc1nc(C)c3ccccc3n1)c(=O)n2C. The van der Waals surface area contributed by atoms with Crippen molar-refractivity contribution in [1.82, 2.24) is 33.6 Å². The van der Waals surface area contributed by atoms with Crippen molar-refractivity contribution in [2.75, 3.05) is 24.5 Å². The van der Waals surface area contributed by atoms with Gasteiger partial charge in [0.05, 0.1) is 18.6 Å². The number of hydrogen-bond acceptors (Lipinski definition) is 7. The Balaban J connectivity index is 1.25. The fraction of sp³-hybridized carbons (Fsp3) is 0.382. The molecule has 224 valence electrons. The number of hydrogen-bond donors (Lipinski definition) is 0. The molecule has 2 fully saturated rings. The molecule has 0 N–H and O–H groups in total. The molecule has 10 heteroatoms. The number of imidazole rings is 1. The number of fused-ring (bicyclic) bond motifs is 2. The maximum absolute atomic E-state index is 14.1. The lowest BCUT2D eigenvalue weighted by atomic mass is 10.1. The first-order valence-corrected chi connectivity index (χ1v) is 15.2. The number of piperidine rings is 1. The van der Waals surface area contributed by atoms with Crippen LogP contribution >= 0.6 is 0 Å². The van der Waals surface area contributed by atoms with Gasteiger partial charge >= 0.3 is 5.69 Å². The Morgan fingerprint density at radius 3 is 2.55 bits per heavy atom. The molecule has 10 nitrogen and oxygen atoms in total. The molecular weight excluding hydrogens is 552 g/mol. The smallest absolute Gasteiger partial charge is 0.332 e. The molecule has 2 saturated heterocycles. The van der Waals surface area contributed by atoms with Crippen LogP contribution in [0.1, 0.15) is 48.5 Å². The van der Waals surface area contributed by atoms with Crippen LogP contribution in [0.25, 0.3) is 22.1 Å². The average molecular weight is 589 g/mol. The van der Waals surface area contributed by atoms with Crippen LogP contribution in [0.2, 0.25) is 0 Å². The van der Waals surface area contributed by atoms with Crippen LogP contribution in [0, 0.1) is 25.7 Å². The molecule has 5 aromatic rings. The molecule has 44 heavy (non-hydrogen) atoms. The van der Waals surface area contributed by atoms with Crippen molar-refractivity contribution >= 4 is 28.0 Å². The Hall–Kier alpha value is -4.75. The van der Waals surface area contributed by atoms with Gasteiger partial charge in [0.1, 0.15) is 5.82 Å². The third kappa shape index (κ3) is 4.87. The fourth-order valence-electron chi connectivity index (χ4n) is 6.60. The molecular formula is C34H36N8O2. The predicted molar refractivity (Wildman–Crippen MR) is 172 cm³/mol. The second kappa shape index (κ2) is 11.1. The lowest BCUT2D eigenvalue weighted by Gasteiger charge is -2.34. The van der Waals surface area contributed by atoms with Gasteiger partial charge in [0.2, 0.25) is 5.95 Å². The zero-order chi connectivity index (χ0) is 30.5. The Bertz CT molecular complexity index is 2080. The third-order valence-corrected chi connectivity index (χ3v) is 9.03. The van der Waals surface area contributed by atoms with Gasteiger partial charge in [0.25, 0.3) is 5.56 Å². The van der Waals surface area contributed by atoms with E-state index in [4.69, 9.17) is 4.98 Å². The Kier molecular flexibility index (Phi) is 7.05. The largest absolute Gasteiger partial charge is 0.341 e. The Morgan fingerprint density at radius 1 is 0.955 bits per heavy atom. The molecule has 2 aromatic carbocycles. The minimum atomic E-state index is -0.448. The van der Waals surface area contributed by atoms with Gasteiger partial charge in [0.15, 0.2) is 11.2 Å². The molecule has 0 saturated carbocycles. The molecule has 0 bridgehead atoms. The molecule has 0 amide bonds. The van der Waals surface area contributed by atoms with E-state index >= 15 is 0 Å². The van der Waals surface area contributed by atoms with E-state index < -0.39 is 11.2 Å². The van der Waals surface area contributed by atoms with Gasteiger partial charge in [-0.1, -0.05) is 53.9 Å². The van der Waals surface area contributed by atoms with Crippen molar-refractivity contribution in [3.63, 3.8) is 0 Å². The summed E-state index contributed by atoms with van der Waals surface area (Å²) in [5, 5.41) is 0.945. The first kappa shape index (κ1) is 28.0. The molecule has 0 aliphatic carbocycles. The molecule has 7 rings (SSSR count). The van der Waals surface area contributed by atoms with Crippen LogP contribution in [-0.4, -0.2) is 59.2 Å². The van der Waals surface area contributed by atoms with E-state index in [0.717, 1.165) is 49.1 Å². The van der Waals surface area contributed by atoms with Crippen molar-refractivity contribution in [2.45, 2.75) is 58.8 Å². The number of anilines is 1.